The number of carbonyl (C=O) groups is 3. The van der Waals surface area contributed by atoms with Crippen molar-refractivity contribution in [2.24, 2.45) is 0 Å². The maximum absolute atomic E-state index is 11.4. The van der Waals surface area contributed by atoms with Gasteiger partial charge in [0, 0.05) is 12.8 Å². The van der Waals surface area contributed by atoms with E-state index < -0.39 is 12.1 Å². The number of rotatable bonds is 3. The summed E-state index contributed by atoms with van der Waals surface area (Å²) < 4.78 is 5.27. The van der Waals surface area contributed by atoms with Gasteiger partial charge in [-0.25, -0.2) is 4.79 Å². The number of ketones is 2. The highest BCUT2D eigenvalue weighted by Gasteiger charge is 2.36. The standard InChI is InChI=1S/C10H16NO4.BrH/c1-11(2,3)6-9(14)15-10-7(12)4-5-8(10)13;/h10H,4-6H2,1-3H3;1H/q+1;/p-1. The first kappa shape index (κ1) is 15.2. The van der Waals surface area contributed by atoms with Crippen molar-refractivity contribution in [3.05, 3.63) is 0 Å². The zero-order valence-electron chi connectivity index (χ0n) is 9.66. The number of hydrogen-bond acceptors (Lipinski definition) is 4. The molecule has 0 aliphatic heterocycles. The Kier molecular flexibility index (Phi) is 5.28. The van der Waals surface area contributed by atoms with Gasteiger partial charge in [-0.05, 0) is 0 Å². The maximum atomic E-state index is 11.4. The van der Waals surface area contributed by atoms with Gasteiger partial charge in [-0.15, -0.1) is 0 Å². The lowest BCUT2D eigenvalue weighted by Crippen LogP contribution is -3.00. The molecule has 0 aromatic rings. The summed E-state index contributed by atoms with van der Waals surface area (Å²) in [7, 11) is 5.50. The molecule has 1 saturated carbocycles. The minimum absolute atomic E-state index is 0. The van der Waals surface area contributed by atoms with Crippen LogP contribution in [0.15, 0.2) is 0 Å². The average molecular weight is 294 g/mol. The highest BCUT2D eigenvalue weighted by Crippen LogP contribution is 2.14. The summed E-state index contributed by atoms with van der Waals surface area (Å²) in [6, 6.07) is 0. The van der Waals surface area contributed by atoms with E-state index in [9.17, 15) is 14.4 Å². The number of likely N-dealkylation sites (N-methyl/N-ethyl adjacent to an activating group) is 1. The molecule has 1 rings (SSSR count). The minimum Gasteiger partial charge on any atom is -1.00 e. The van der Waals surface area contributed by atoms with E-state index >= 15 is 0 Å². The number of quaternary nitrogens is 1. The fourth-order valence-electron chi connectivity index (χ4n) is 1.38. The Morgan fingerprint density at radius 2 is 1.69 bits per heavy atom. The van der Waals surface area contributed by atoms with Crippen LogP contribution in [0.3, 0.4) is 0 Å². The van der Waals surface area contributed by atoms with Gasteiger partial charge in [0.05, 0.1) is 21.1 Å². The molecule has 0 saturated heterocycles. The molecular formula is C10H16BrNO4. The van der Waals surface area contributed by atoms with E-state index in [4.69, 9.17) is 4.74 Å². The third-order valence-electron chi connectivity index (χ3n) is 2.06. The Morgan fingerprint density at radius 3 is 2.06 bits per heavy atom. The van der Waals surface area contributed by atoms with Crippen molar-refractivity contribution >= 4 is 17.5 Å². The lowest BCUT2D eigenvalue weighted by Gasteiger charge is -2.22. The second kappa shape index (κ2) is 5.54. The third kappa shape index (κ3) is 4.40. The predicted molar refractivity (Wildman–Crippen MR) is 52.0 cm³/mol. The molecule has 1 fully saturated rings. The molecule has 0 atom stereocenters. The third-order valence-corrected chi connectivity index (χ3v) is 2.06. The van der Waals surface area contributed by atoms with Gasteiger partial charge in [0.15, 0.2) is 18.1 Å². The topological polar surface area (TPSA) is 60.4 Å². The molecule has 0 aromatic carbocycles. The van der Waals surface area contributed by atoms with E-state index in [1.807, 2.05) is 21.1 Å². The van der Waals surface area contributed by atoms with Crippen LogP contribution in [0.5, 0.6) is 0 Å². The smallest absolute Gasteiger partial charge is 0.362 e. The van der Waals surface area contributed by atoms with Crippen LogP contribution in [0.2, 0.25) is 0 Å². The lowest BCUT2D eigenvalue weighted by atomic mass is 10.3. The van der Waals surface area contributed by atoms with Crippen LogP contribution in [0.4, 0.5) is 0 Å². The molecular weight excluding hydrogens is 278 g/mol. The fraction of sp³-hybridized carbons (Fsp3) is 0.700. The summed E-state index contributed by atoms with van der Waals surface area (Å²) in [6.45, 7) is 0.150. The molecule has 6 heteroatoms. The number of halogens is 1. The van der Waals surface area contributed by atoms with Crippen molar-refractivity contribution in [2.45, 2.75) is 18.9 Å². The summed E-state index contributed by atoms with van der Waals surface area (Å²) in [6.07, 6.45) is -0.744. The van der Waals surface area contributed by atoms with E-state index in [1.54, 1.807) is 0 Å². The minimum atomic E-state index is -1.14. The first-order chi connectivity index (χ1) is 6.79. The first-order valence-corrected chi connectivity index (χ1v) is 4.85. The van der Waals surface area contributed by atoms with Crippen molar-refractivity contribution in [3.8, 4) is 0 Å². The molecule has 0 N–H and O–H groups in total. The number of esters is 1. The number of Topliss-reactive ketones (excluding diaryl/α,β-unsaturated/α-hetero) is 2. The summed E-state index contributed by atoms with van der Waals surface area (Å²) in [5.41, 5.74) is 0. The van der Waals surface area contributed by atoms with Crippen LogP contribution in [0, 0.1) is 0 Å². The Morgan fingerprint density at radius 1 is 1.25 bits per heavy atom. The van der Waals surface area contributed by atoms with Crippen molar-refractivity contribution in [1.29, 1.82) is 0 Å². The summed E-state index contributed by atoms with van der Waals surface area (Å²) in [5.74, 6) is -1.07. The van der Waals surface area contributed by atoms with Gasteiger partial charge < -0.3 is 26.2 Å². The van der Waals surface area contributed by atoms with Crippen LogP contribution in [-0.4, -0.2) is 55.8 Å². The van der Waals surface area contributed by atoms with Gasteiger partial charge in [-0.2, -0.15) is 0 Å². The number of nitrogens with zero attached hydrogens (tertiary/aromatic N) is 1. The maximum Gasteiger partial charge on any atom is 0.362 e. The molecule has 1 aliphatic rings. The molecule has 0 amide bonds. The Labute approximate surface area is 105 Å². The summed E-state index contributed by atoms with van der Waals surface area (Å²) >= 11 is 0. The molecule has 0 spiro atoms. The number of carbonyl (C=O) groups excluding carboxylic acids is 3. The molecule has 0 aromatic heterocycles. The van der Waals surface area contributed by atoms with Crippen LogP contribution < -0.4 is 17.0 Å². The van der Waals surface area contributed by atoms with E-state index in [0.29, 0.717) is 4.48 Å². The molecule has 16 heavy (non-hydrogen) atoms. The van der Waals surface area contributed by atoms with Gasteiger partial charge >= 0.3 is 5.97 Å². The number of ether oxygens (including phenoxy) is 1. The van der Waals surface area contributed by atoms with E-state index in [2.05, 4.69) is 0 Å². The SMILES string of the molecule is C[N+](C)(C)CC(=O)OC1C(=O)CCC1=O.[Br-]. The van der Waals surface area contributed by atoms with E-state index in [-0.39, 0.29) is 47.9 Å². The van der Waals surface area contributed by atoms with Crippen LogP contribution in [0.25, 0.3) is 0 Å². The second-order valence-corrected chi connectivity index (χ2v) is 4.75. The van der Waals surface area contributed by atoms with Crippen molar-refractivity contribution in [2.75, 3.05) is 27.7 Å². The Balaban J connectivity index is 0.00000225. The second-order valence-electron chi connectivity index (χ2n) is 4.75. The molecule has 0 bridgehead atoms. The molecule has 0 unspecified atom stereocenters. The van der Waals surface area contributed by atoms with Gasteiger partial charge in [-0.1, -0.05) is 0 Å². The van der Waals surface area contributed by atoms with Crippen molar-refractivity contribution in [1.82, 2.24) is 0 Å². The Hall–Kier alpha value is -0.750. The van der Waals surface area contributed by atoms with E-state index in [0.717, 1.165) is 0 Å². The van der Waals surface area contributed by atoms with Crippen LogP contribution in [0.1, 0.15) is 12.8 Å². The molecule has 5 nitrogen and oxygen atoms in total. The Bertz CT molecular complexity index is 292. The molecule has 0 radical (unpaired) electrons. The van der Waals surface area contributed by atoms with Crippen molar-refractivity contribution in [3.63, 3.8) is 0 Å². The molecule has 1 aliphatic carbocycles. The van der Waals surface area contributed by atoms with Crippen LogP contribution in [-0.2, 0) is 19.1 Å². The average Bonchev–Trinajstić information content (AvgIpc) is 2.32. The zero-order valence-corrected chi connectivity index (χ0v) is 11.2. The van der Waals surface area contributed by atoms with E-state index in [1.165, 1.54) is 0 Å². The lowest BCUT2D eigenvalue weighted by molar-refractivity contribution is -0.862. The van der Waals surface area contributed by atoms with Gasteiger partial charge in [0.25, 0.3) is 0 Å². The molecule has 92 valence electrons. The zero-order chi connectivity index (χ0) is 11.6. The highest BCUT2D eigenvalue weighted by molar-refractivity contribution is 6.12. The monoisotopic (exact) mass is 293 g/mol. The normalized spacial score (nSPS) is 17.2. The molecule has 0 heterocycles. The van der Waals surface area contributed by atoms with Gasteiger partial charge in [0.1, 0.15) is 0 Å². The largest absolute Gasteiger partial charge is 1.00 e. The fourth-order valence-corrected chi connectivity index (χ4v) is 1.38. The predicted octanol–water partition coefficient (Wildman–Crippen LogP) is -3.46. The number of hydrogen-bond donors (Lipinski definition) is 0. The summed E-state index contributed by atoms with van der Waals surface area (Å²) in [5, 5.41) is 0. The highest BCUT2D eigenvalue weighted by atomic mass is 79.9. The quantitative estimate of drug-likeness (QED) is 0.308. The van der Waals surface area contributed by atoms with Gasteiger partial charge in [0.2, 0.25) is 6.10 Å². The van der Waals surface area contributed by atoms with Crippen LogP contribution >= 0.6 is 0 Å². The van der Waals surface area contributed by atoms with Crippen molar-refractivity contribution < 1.29 is 40.6 Å². The summed E-state index contributed by atoms with van der Waals surface area (Å²) in [4.78, 5) is 33.7. The van der Waals surface area contributed by atoms with Gasteiger partial charge in [-0.3, -0.25) is 9.59 Å². The first-order valence-electron chi connectivity index (χ1n) is 4.85.